The van der Waals surface area contributed by atoms with E-state index in [1.165, 1.54) is 18.6 Å². The number of nitrogen functional groups attached to an aromatic ring is 1. The number of benzene rings is 1. The van der Waals surface area contributed by atoms with E-state index in [1.54, 1.807) is 36.7 Å². The zero-order valence-electron chi connectivity index (χ0n) is 15.9. The molecule has 0 saturated carbocycles. The molecule has 8 nitrogen and oxygen atoms in total. The minimum atomic E-state index is -3.24. The molecule has 30 heavy (non-hydrogen) atoms. The van der Waals surface area contributed by atoms with Gasteiger partial charge in [-0.2, -0.15) is 0 Å². The summed E-state index contributed by atoms with van der Waals surface area (Å²) in [6, 6.07) is 10.2. The Morgan fingerprint density at radius 2 is 1.73 bits per heavy atom. The van der Waals surface area contributed by atoms with Crippen LogP contribution in [0, 0.1) is 11.8 Å². The summed E-state index contributed by atoms with van der Waals surface area (Å²) < 4.78 is 23.2. The molecule has 0 unspecified atom stereocenters. The normalized spacial score (nSPS) is 11.0. The Labute approximate surface area is 173 Å². The van der Waals surface area contributed by atoms with Crippen LogP contribution in [0.4, 0.5) is 17.3 Å². The van der Waals surface area contributed by atoms with Gasteiger partial charge in [0, 0.05) is 35.1 Å². The maximum absolute atomic E-state index is 11.6. The van der Waals surface area contributed by atoms with Gasteiger partial charge in [-0.3, -0.25) is 0 Å². The van der Waals surface area contributed by atoms with E-state index in [0.717, 1.165) is 10.8 Å². The van der Waals surface area contributed by atoms with Gasteiger partial charge in [-0.1, -0.05) is 0 Å². The van der Waals surface area contributed by atoms with Crippen LogP contribution in [0.5, 0.6) is 0 Å². The van der Waals surface area contributed by atoms with Crippen LogP contribution in [0.2, 0.25) is 0 Å². The molecule has 0 amide bonds. The summed E-state index contributed by atoms with van der Waals surface area (Å²) in [6.07, 6.45) is 7.51. The zero-order valence-corrected chi connectivity index (χ0v) is 16.7. The van der Waals surface area contributed by atoms with Crippen molar-refractivity contribution >= 4 is 37.9 Å². The summed E-state index contributed by atoms with van der Waals surface area (Å²) in [5, 5.41) is 4.87. The van der Waals surface area contributed by atoms with Gasteiger partial charge < -0.3 is 11.1 Å². The lowest BCUT2D eigenvalue weighted by Crippen LogP contribution is -1.98. The maximum atomic E-state index is 11.6. The molecule has 0 aliphatic carbocycles. The van der Waals surface area contributed by atoms with E-state index >= 15 is 0 Å². The van der Waals surface area contributed by atoms with Gasteiger partial charge in [0.05, 0.1) is 17.3 Å². The van der Waals surface area contributed by atoms with Gasteiger partial charge >= 0.3 is 0 Å². The Bertz CT molecular complexity index is 1390. The van der Waals surface area contributed by atoms with Crippen molar-refractivity contribution in [1.82, 2.24) is 19.9 Å². The average Bonchev–Trinajstić information content (AvgIpc) is 2.73. The number of nitrogens with one attached hydrogen (secondary N) is 1. The monoisotopic (exact) mass is 416 g/mol. The predicted molar refractivity (Wildman–Crippen MR) is 115 cm³/mol. The number of anilines is 3. The first-order chi connectivity index (χ1) is 14.4. The van der Waals surface area contributed by atoms with E-state index < -0.39 is 9.84 Å². The molecule has 0 spiro atoms. The van der Waals surface area contributed by atoms with Crippen LogP contribution < -0.4 is 11.1 Å². The van der Waals surface area contributed by atoms with Crippen molar-refractivity contribution < 1.29 is 8.42 Å². The van der Waals surface area contributed by atoms with Crippen molar-refractivity contribution in [1.29, 1.82) is 0 Å². The van der Waals surface area contributed by atoms with Gasteiger partial charge in [0.15, 0.2) is 9.84 Å². The van der Waals surface area contributed by atoms with E-state index in [0.29, 0.717) is 28.7 Å². The molecule has 0 atom stereocenters. The highest BCUT2D eigenvalue weighted by molar-refractivity contribution is 7.90. The molecule has 0 aliphatic heterocycles. The highest BCUT2D eigenvalue weighted by atomic mass is 32.2. The molecule has 3 heterocycles. The second-order valence-electron chi connectivity index (χ2n) is 6.45. The minimum Gasteiger partial charge on any atom is -0.382 e. The fourth-order valence-corrected chi connectivity index (χ4v) is 3.32. The van der Waals surface area contributed by atoms with Crippen molar-refractivity contribution in [2.45, 2.75) is 4.90 Å². The first-order valence-corrected chi connectivity index (χ1v) is 10.7. The molecule has 0 radical (unpaired) electrons. The van der Waals surface area contributed by atoms with E-state index in [-0.39, 0.29) is 4.90 Å². The summed E-state index contributed by atoms with van der Waals surface area (Å²) in [5.41, 5.74) is 7.31. The number of fused-ring (bicyclic) bond motifs is 1. The first kappa shape index (κ1) is 19.3. The van der Waals surface area contributed by atoms with E-state index in [4.69, 9.17) is 5.73 Å². The topological polar surface area (TPSA) is 124 Å². The molecule has 148 valence electrons. The molecule has 0 aliphatic rings. The molecule has 3 N–H and O–H groups in total. The number of sulfone groups is 1. The van der Waals surface area contributed by atoms with Gasteiger partial charge in [0.25, 0.3) is 0 Å². The average molecular weight is 416 g/mol. The Hall–Kier alpha value is -4.03. The Balaban J connectivity index is 1.65. The standard InChI is InChI=1S/C21H16N6O2S/c1-30(28,29)17-5-2-15(3-6-17)27-21-10-18-14(11-26-21)8-9-23-19(18)7-4-16-12-25-20(22)13-24-16/h2-3,5-6,8-13H,1H3,(H2,22,25)(H,26,27). The van der Waals surface area contributed by atoms with Crippen LogP contribution >= 0.6 is 0 Å². The van der Waals surface area contributed by atoms with Gasteiger partial charge in [0.2, 0.25) is 0 Å². The fraction of sp³-hybridized carbons (Fsp3) is 0.0476. The van der Waals surface area contributed by atoms with Crippen LogP contribution in [0.1, 0.15) is 11.4 Å². The van der Waals surface area contributed by atoms with Crippen LogP contribution in [0.15, 0.2) is 66.1 Å². The second kappa shape index (κ2) is 7.77. The first-order valence-electron chi connectivity index (χ1n) is 8.80. The molecular formula is C21H16N6O2S. The third kappa shape index (κ3) is 4.34. The molecule has 9 heteroatoms. The summed E-state index contributed by atoms with van der Waals surface area (Å²) in [7, 11) is -3.24. The molecule has 0 fully saturated rings. The lowest BCUT2D eigenvalue weighted by Gasteiger charge is -2.08. The minimum absolute atomic E-state index is 0.257. The number of aromatic nitrogens is 4. The Morgan fingerprint density at radius 1 is 0.933 bits per heavy atom. The summed E-state index contributed by atoms with van der Waals surface area (Å²) in [6.45, 7) is 0. The quantitative estimate of drug-likeness (QED) is 0.488. The number of hydrogen-bond acceptors (Lipinski definition) is 8. The highest BCUT2D eigenvalue weighted by Gasteiger charge is 2.07. The Morgan fingerprint density at radius 3 is 2.43 bits per heavy atom. The number of pyridine rings is 2. The molecule has 0 saturated heterocycles. The van der Waals surface area contributed by atoms with Gasteiger partial charge in [-0.15, -0.1) is 0 Å². The number of hydrogen-bond donors (Lipinski definition) is 2. The maximum Gasteiger partial charge on any atom is 0.175 e. The number of nitrogens with two attached hydrogens (primary N) is 1. The van der Waals surface area contributed by atoms with Crippen LogP contribution in [-0.2, 0) is 9.84 Å². The van der Waals surface area contributed by atoms with Crippen molar-refractivity contribution in [3.63, 3.8) is 0 Å². The van der Waals surface area contributed by atoms with Crippen molar-refractivity contribution in [3.05, 3.63) is 72.6 Å². The van der Waals surface area contributed by atoms with E-state index in [9.17, 15) is 8.42 Å². The number of rotatable bonds is 3. The zero-order chi connectivity index (χ0) is 21.1. The third-order valence-corrected chi connectivity index (χ3v) is 5.31. The molecule has 4 aromatic rings. The fourth-order valence-electron chi connectivity index (χ4n) is 2.69. The van der Waals surface area contributed by atoms with Gasteiger partial charge in [-0.05, 0) is 48.2 Å². The van der Waals surface area contributed by atoms with Crippen molar-refractivity contribution in [2.24, 2.45) is 0 Å². The second-order valence-corrected chi connectivity index (χ2v) is 8.46. The predicted octanol–water partition coefficient (Wildman–Crippen LogP) is 2.55. The summed E-state index contributed by atoms with van der Waals surface area (Å²) >= 11 is 0. The lowest BCUT2D eigenvalue weighted by molar-refractivity contribution is 0.602. The van der Waals surface area contributed by atoms with Crippen molar-refractivity contribution in [2.75, 3.05) is 17.3 Å². The van der Waals surface area contributed by atoms with Crippen molar-refractivity contribution in [3.8, 4) is 11.8 Å². The molecule has 1 aromatic carbocycles. The lowest BCUT2D eigenvalue weighted by atomic mass is 10.1. The smallest absolute Gasteiger partial charge is 0.175 e. The van der Waals surface area contributed by atoms with E-state index in [1.807, 2.05) is 12.1 Å². The SMILES string of the molecule is CS(=O)(=O)c1ccc(Nc2cc3c(C#Cc4cnc(N)cn4)nccc3cn2)cc1. The summed E-state index contributed by atoms with van der Waals surface area (Å²) in [4.78, 5) is 17.1. The van der Waals surface area contributed by atoms with Gasteiger partial charge in [-0.25, -0.2) is 28.4 Å². The van der Waals surface area contributed by atoms with Crippen LogP contribution in [-0.4, -0.2) is 34.6 Å². The molecular weight excluding hydrogens is 400 g/mol. The van der Waals surface area contributed by atoms with Gasteiger partial charge in [0.1, 0.15) is 23.0 Å². The Kier molecular flexibility index (Phi) is 5.00. The molecule has 4 rings (SSSR count). The molecule has 3 aromatic heterocycles. The molecule has 0 bridgehead atoms. The van der Waals surface area contributed by atoms with E-state index in [2.05, 4.69) is 37.1 Å². The third-order valence-electron chi connectivity index (χ3n) is 4.18. The van der Waals surface area contributed by atoms with Crippen LogP contribution in [0.3, 0.4) is 0 Å². The van der Waals surface area contributed by atoms with Crippen LogP contribution in [0.25, 0.3) is 10.8 Å². The summed E-state index contributed by atoms with van der Waals surface area (Å²) in [5.74, 6) is 6.85. The largest absolute Gasteiger partial charge is 0.382 e. The number of nitrogens with zero attached hydrogens (tertiary/aromatic N) is 4. The highest BCUT2D eigenvalue weighted by Crippen LogP contribution is 2.22.